The van der Waals surface area contributed by atoms with Gasteiger partial charge in [0, 0.05) is 25.7 Å². The molecule has 0 amide bonds. The summed E-state index contributed by atoms with van der Waals surface area (Å²) in [7, 11) is 4.43. The first-order valence-electron chi connectivity index (χ1n) is 8.75. The molecule has 0 bridgehead atoms. The minimum Gasteiger partial charge on any atom is -0.316 e. The average Bonchev–Trinajstić information content (AvgIpc) is 2.84. The number of hydrogen-bond donors (Lipinski definition) is 1. The summed E-state index contributed by atoms with van der Waals surface area (Å²) in [4.78, 5) is 5.17. The van der Waals surface area contributed by atoms with Gasteiger partial charge in [0.25, 0.3) is 0 Å². The Hall–Kier alpha value is -0.120. The maximum atomic E-state index is 3.65. The van der Waals surface area contributed by atoms with Gasteiger partial charge in [-0.05, 0) is 58.3 Å². The van der Waals surface area contributed by atoms with Crippen molar-refractivity contribution >= 4 is 0 Å². The Balaban J connectivity index is 1.95. The highest BCUT2D eigenvalue weighted by atomic mass is 15.2. The Morgan fingerprint density at radius 2 is 1.90 bits per heavy atom. The van der Waals surface area contributed by atoms with E-state index < -0.39 is 0 Å². The molecule has 20 heavy (non-hydrogen) atoms. The van der Waals surface area contributed by atoms with Crippen LogP contribution in [0.1, 0.15) is 51.9 Å². The summed E-state index contributed by atoms with van der Waals surface area (Å²) in [6.07, 6.45) is 10.0. The quantitative estimate of drug-likeness (QED) is 0.774. The predicted molar refractivity (Wildman–Crippen MR) is 87.2 cm³/mol. The van der Waals surface area contributed by atoms with E-state index in [4.69, 9.17) is 0 Å². The standard InChI is InChI=1S/C17H35N3/c1-4-18-14-17(10-6-5-7-11-17)15-20-12-8-9-16(20)13-19(2)3/h16,18H,4-15H2,1-3H3. The van der Waals surface area contributed by atoms with Gasteiger partial charge in [-0.3, -0.25) is 4.90 Å². The van der Waals surface area contributed by atoms with Gasteiger partial charge in [-0.25, -0.2) is 0 Å². The maximum Gasteiger partial charge on any atom is 0.0223 e. The molecule has 0 aromatic heterocycles. The zero-order valence-electron chi connectivity index (χ0n) is 14.0. The summed E-state index contributed by atoms with van der Waals surface area (Å²) < 4.78 is 0. The van der Waals surface area contributed by atoms with Crippen molar-refractivity contribution < 1.29 is 0 Å². The van der Waals surface area contributed by atoms with Crippen molar-refractivity contribution in [2.45, 2.75) is 57.9 Å². The molecule has 1 saturated carbocycles. The van der Waals surface area contributed by atoms with Gasteiger partial charge in [0.1, 0.15) is 0 Å². The number of rotatable bonds is 7. The van der Waals surface area contributed by atoms with Crippen LogP contribution in [0.4, 0.5) is 0 Å². The van der Waals surface area contributed by atoms with Crippen molar-refractivity contribution in [1.29, 1.82) is 0 Å². The van der Waals surface area contributed by atoms with E-state index in [2.05, 4.69) is 36.1 Å². The molecule has 1 atom stereocenters. The number of hydrogen-bond acceptors (Lipinski definition) is 3. The van der Waals surface area contributed by atoms with Gasteiger partial charge in [-0.1, -0.05) is 26.2 Å². The molecule has 1 N–H and O–H groups in total. The molecule has 2 fully saturated rings. The van der Waals surface area contributed by atoms with Gasteiger partial charge >= 0.3 is 0 Å². The van der Waals surface area contributed by atoms with E-state index in [0.29, 0.717) is 5.41 Å². The third kappa shape index (κ3) is 4.44. The van der Waals surface area contributed by atoms with Gasteiger partial charge in [-0.15, -0.1) is 0 Å². The number of nitrogens with one attached hydrogen (secondary N) is 1. The number of nitrogens with zero attached hydrogens (tertiary/aromatic N) is 2. The lowest BCUT2D eigenvalue weighted by atomic mass is 9.73. The predicted octanol–water partition coefficient (Wildman–Crippen LogP) is 2.57. The summed E-state index contributed by atoms with van der Waals surface area (Å²) in [6.45, 7) is 8.47. The van der Waals surface area contributed by atoms with E-state index in [1.165, 1.54) is 71.1 Å². The lowest BCUT2D eigenvalue weighted by Gasteiger charge is -2.42. The zero-order valence-corrected chi connectivity index (χ0v) is 14.0. The van der Waals surface area contributed by atoms with Crippen LogP contribution < -0.4 is 5.32 Å². The highest BCUT2D eigenvalue weighted by molar-refractivity contribution is 4.92. The van der Waals surface area contributed by atoms with Crippen molar-refractivity contribution in [1.82, 2.24) is 15.1 Å². The van der Waals surface area contributed by atoms with Crippen LogP contribution in [0.5, 0.6) is 0 Å². The molecular weight excluding hydrogens is 246 g/mol. The van der Waals surface area contributed by atoms with Gasteiger partial charge in [0.05, 0.1) is 0 Å². The molecule has 3 nitrogen and oxygen atoms in total. The molecule has 1 heterocycles. The molecule has 1 aliphatic carbocycles. The molecule has 0 aromatic carbocycles. The van der Waals surface area contributed by atoms with Gasteiger partial charge in [-0.2, -0.15) is 0 Å². The molecule has 3 heteroatoms. The van der Waals surface area contributed by atoms with Crippen LogP contribution in [0.3, 0.4) is 0 Å². The molecule has 1 saturated heterocycles. The van der Waals surface area contributed by atoms with Gasteiger partial charge in [0.15, 0.2) is 0 Å². The van der Waals surface area contributed by atoms with E-state index in [9.17, 15) is 0 Å². The smallest absolute Gasteiger partial charge is 0.0223 e. The lowest BCUT2D eigenvalue weighted by molar-refractivity contribution is 0.0870. The van der Waals surface area contributed by atoms with Crippen molar-refractivity contribution in [3.63, 3.8) is 0 Å². The van der Waals surface area contributed by atoms with Crippen LogP contribution in [0, 0.1) is 5.41 Å². The van der Waals surface area contributed by atoms with E-state index in [1.807, 2.05) is 0 Å². The van der Waals surface area contributed by atoms with E-state index >= 15 is 0 Å². The van der Waals surface area contributed by atoms with E-state index in [-0.39, 0.29) is 0 Å². The van der Waals surface area contributed by atoms with Gasteiger partial charge < -0.3 is 10.2 Å². The molecule has 0 radical (unpaired) electrons. The minimum atomic E-state index is 0.559. The van der Waals surface area contributed by atoms with Crippen LogP contribution in [-0.4, -0.2) is 62.7 Å². The van der Waals surface area contributed by atoms with Crippen molar-refractivity contribution in [3.05, 3.63) is 0 Å². The highest BCUT2D eigenvalue weighted by Gasteiger charge is 2.36. The molecule has 118 valence electrons. The normalized spacial score (nSPS) is 27.3. The second kappa shape index (κ2) is 7.77. The topological polar surface area (TPSA) is 18.5 Å². The Morgan fingerprint density at radius 3 is 2.55 bits per heavy atom. The van der Waals surface area contributed by atoms with E-state index in [0.717, 1.165) is 12.6 Å². The summed E-state index contributed by atoms with van der Waals surface area (Å²) in [6, 6.07) is 0.797. The van der Waals surface area contributed by atoms with Crippen LogP contribution in [-0.2, 0) is 0 Å². The van der Waals surface area contributed by atoms with Crippen molar-refractivity contribution in [2.24, 2.45) is 5.41 Å². The van der Waals surface area contributed by atoms with Crippen LogP contribution in [0.15, 0.2) is 0 Å². The fourth-order valence-corrected chi connectivity index (χ4v) is 4.25. The Labute approximate surface area is 126 Å². The van der Waals surface area contributed by atoms with E-state index in [1.54, 1.807) is 0 Å². The molecule has 0 aromatic rings. The monoisotopic (exact) mass is 281 g/mol. The minimum absolute atomic E-state index is 0.559. The second-order valence-corrected chi connectivity index (χ2v) is 7.37. The first kappa shape index (κ1) is 16.3. The van der Waals surface area contributed by atoms with Crippen molar-refractivity contribution in [3.8, 4) is 0 Å². The Morgan fingerprint density at radius 1 is 1.15 bits per heavy atom. The first-order valence-corrected chi connectivity index (χ1v) is 8.75. The van der Waals surface area contributed by atoms with Crippen LogP contribution >= 0.6 is 0 Å². The molecule has 1 unspecified atom stereocenters. The molecule has 1 aliphatic heterocycles. The first-order chi connectivity index (χ1) is 9.65. The highest BCUT2D eigenvalue weighted by Crippen LogP contribution is 2.38. The van der Waals surface area contributed by atoms with Crippen LogP contribution in [0.2, 0.25) is 0 Å². The number of likely N-dealkylation sites (tertiary alicyclic amines) is 1. The molecular formula is C17H35N3. The lowest BCUT2D eigenvalue weighted by Crippen LogP contribution is -2.48. The SMILES string of the molecule is CCNCC1(CN2CCCC2CN(C)C)CCCCC1. The molecule has 2 aliphatic rings. The largest absolute Gasteiger partial charge is 0.316 e. The number of likely N-dealkylation sites (N-methyl/N-ethyl adjacent to an activating group) is 1. The average molecular weight is 281 g/mol. The third-order valence-electron chi connectivity index (χ3n) is 5.28. The summed E-state index contributed by atoms with van der Waals surface area (Å²) in [5.41, 5.74) is 0.559. The maximum absolute atomic E-state index is 3.65. The molecule has 2 rings (SSSR count). The fraction of sp³-hybridized carbons (Fsp3) is 1.00. The van der Waals surface area contributed by atoms with Crippen molar-refractivity contribution in [2.75, 3.05) is 46.8 Å². The zero-order chi connectivity index (χ0) is 14.4. The van der Waals surface area contributed by atoms with Crippen LogP contribution in [0.25, 0.3) is 0 Å². The summed E-state index contributed by atoms with van der Waals surface area (Å²) in [5, 5.41) is 3.65. The Kier molecular flexibility index (Phi) is 6.31. The Bertz CT molecular complexity index is 271. The third-order valence-corrected chi connectivity index (χ3v) is 5.28. The summed E-state index contributed by atoms with van der Waals surface area (Å²) in [5.74, 6) is 0. The fourth-order valence-electron chi connectivity index (χ4n) is 4.25. The second-order valence-electron chi connectivity index (χ2n) is 7.37. The summed E-state index contributed by atoms with van der Waals surface area (Å²) >= 11 is 0. The molecule has 0 spiro atoms. The van der Waals surface area contributed by atoms with Gasteiger partial charge in [0.2, 0.25) is 0 Å².